The molecule has 2 heteroatoms. The van der Waals surface area contributed by atoms with E-state index in [-0.39, 0.29) is 0 Å². The van der Waals surface area contributed by atoms with Crippen molar-refractivity contribution in [3.8, 4) is 0 Å². The van der Waals surface area contributed by atoms with Crippen LogP contribution in [0.25, 0.3) is 0 Å². The molecule has 0 atom stereocenters. The summed E-state index contributed by atoms with van der Waals surface area (Å²) < 4.78 is 0. The molecular weight excluding hydrogens is 340 g/mol. The molecule has 0 radical (unpaired) electrons. The Labute approximate surface area is 167 Å². The number of nitrogens with one attached hydrogen (secondary N) is 1. The molecule has 28 heavy (non-hydrogen) atoms. The molecule has 0 saturated carbocycles. The standard InChI is InChI=1S/C26H24N2/c1-2-21-18-19-22(20-27-23-12-6-3-7-13-23)26(21)28(24-14-8-4-9-15-24)25-16-10-5-11-17-25/h2-17,20,27H,1,18-19H2/b22-20+. The number of hydrogen-bond donors (Lipinski definition) is 1. The van der Waals surface area contributed by atoms with Crippen molar-refractivity contribution in [1.82, 2.24) is 0 Å². The van der Waals surface area contributed by atoms with Crippen LogP contribution < -0.4 is 10.2 Å². The van der Waals surface area contributed by atoms with E-state index >= 15 is 0 Å². The van der Waals surface area contributed by atoms with E-state index in [1.165, 1.54) is 16.8 Å². The molecule has 0 saturated heterocycles. The van der Waals surface area contributed by atoms with Crippen LogP contribution in [0.4, 0.5) is 17.1 Å². The molecule has 4 rings (SSSR count). The summed E-state index contributed by atoms with van der Waals surface area (Å²) in [5, 5.41) is 3.46. The van der Waals surface area contributed by atoms with E-state index in [0.29, 0.717) is 0 Å². The lowest BCUT2D eigenvalue weighted by molar-refractivity contribution is 1.03. The number of nitrogens with zero attached hydrogens (tertiary/aromatic N) is 1. The van der Waals surface area contributed by atoms with Crippen molar-refractivity contribution in [2.24, 2.45) is 0 Å². The Bertz CT molecular complexity index is 947. The third-order valence-corrected chi connectivity index (χ3v) is 4.96. The first-order valence-corrected chi connectivity index (χ1v) is 9.63. The molecule has 0 aromatic heterocycles. The Morgan fingerprint density at radius 2 is 1.25 bits per heavy atom. The molecule has 3 aromatic rings. The van der Waals surface area contributed by atoms with E-state index in [1.807, 2.05) is 24.3 Å². The highest BCUT2D eigenvalue weighted by Crippen LogP contribution is 2.41. The zero-order chi connectivity index (χ0) is 19.2. The summed E-state index contributed by atoms with van der Waals surface area (Å²) in [7, 11) is 0. The molecule has 0 amide bonds. The Kier molecular flexibility index (Phi) is 5.39. The van der Waals surface area contributed by atoms with Crippen LogP contribution in [-0.4, -0.2) is 0 Å². The minimum Gasteiger partial charge on any atom is -0.361 e. The summed E-state index contributed by atoms with van der Waals surface area (Å²) in [5.74, 6) is 0. The molecule has 0 heterocycles. The minimum atomic E-state index is 0.993. The van der Waals surface area contributed by atoms with Gasteiger partial charge in [0.25, 0.3) is 0 Å². The van der Waals surface area contributed by atoms with Gasteiger partial charge in [-0.1, -0.05) is 67.3 Å². The van der Waals surface area contributed by atoms with Gasteiger partial charge in [-0.05, 0) is 60.4 Å². The molecule has 0 fully saturated rings. The predicted molar refractivity (Wildman–Crippen MR) is 120 cm³/mol. The third-order valence-electron chi connectivity index (χ3n) is 4.96. The normalized spacial score (nSPS) is 14.9. The highest BCUT2D eigenvalue weighted by Gasteiger charge is 2.25. The second-order valence-corrected chi connectivity index (χ2v) is 6.76. The Morgan fingerprint density at radius 3 is 1.79 bits per heavy atom. The van der Waals surface area contributed by atoms with Crippen molar-refractivity contribution >= 4 is 17.1 Å². The summed E-state index contributed by atoms with van der Waals surface area (Å²) in [5.41, 5.74) is 7.16. The molecule has 1 aliphatic carbocycles. The van der Waals surface area contributed by atoms with Crippen LogP contribution >= 0.6 is 0 Å². The molecule has 0 unspecified atom stereocenters. The quantitative estimate of drug-likeness (QED) is 0.504. The van der Waals surface area contributed by atoms with Gasteiger partial charge in [0.05, 0.1) is 5.70 Å². The minimum absolute atomic E-state index is 0.993. The Balaban J connectivity index is 1.79. The van der Waals surface area contributed by atoms with Crippen LogP contribution in [0.5, 0.6) is 0 Å². The van der Waals surface area contributed by atoms with Crippen LogP contribution in [0.15, 0.2) is 127 Å². The lowest BCUT2D eigenvalue weighted by atomic mass is 10.1. The molecule has 0 spiro atoms. The third kappa shape index (κ3) is 3.77. The van der Waals surface area contributed by atoms with Gasteiger partial charge in [0.1, 0.15) is 0 Å². The van der Waals surface area contributed by atoms with Crippen molar-refractivity contribution in [2.45, 2.75) is 12.8 Å². The van der Waals surface area contributed by atoms with E-state index in [0.717, 1.165) is 29.9 Å². The first-order valence-electron chi connectivity index (χ1n) is 9.63. The lowest BCUT2D eigenvalue weighted by Gasteiger charge is -2.28. The van der Waals surface area contributed by atoms with Crippen LogP contribution in [0.1, 0.15) is 12.8 Å². The zero-order valence-electron chi connectivity index (χ0n) is 15.9. The van der Waals surface area contributed by atoms with E-state index in [9.17, 15) is 0 Å². The first kappa shape index (κ1) is 17.9. The number of para-hydroxylation sites is 3. The molecule has 3 aromatic carbocycles. The fourth-order valence-electron chi connectivity index (χ4n) is 3.61. The maximum atomic E-state index is 4.08. The largest absolute Gasteiger partial charge is 0.361 e. The van der Waals surface area contributed by atoms with Gasteiger partial charge in [-0.25, -0.2) is 0 Å². The van der Waals surface area contributed by atoms with Crippen molar-refractivity contribution in [3.05, 3.63) is 127 Å². The molecule has 1 aliphatic rings. The topological polar surface area (TPSA) is 15.3 Å². The molecular formula is C26H24N2. The highest BCUT2D eigenvalue weighted by atomic mass is 15.2. The molecule has 0 aliphatic heterocycles. The number of anilines is 3. The lowest BCUT2D eigenvalue weighted by Crippen LogP contribution is -2.17. The maximum absolute atomic E-state index is 4.08. The average molecular weight is 364 g/mol. The number of hydrogen-bond acceptors (Lipinski definition) is 2. The van der Waals surface area contributed by atoms with Gasteiger partial charge < -0.3 is 10.2 Å². The summed E-state index contributed by atoms with van der Waals surface area (Å²) in [6, 6.07) is 31.3. The summed E-state index contributed by atoms with van der Waals surface area (Å²) in [4.78, 5) is 2.34. The van der Waals surface area contributed by atoms with Gasteiger partial charge in [0.2, 0.25) is 0 Å². The summed E-state index contributed by atoms with van der Waals surface area (Å²) >= 11 is 0. The van der Waals surface area contributed by atoms with E-state index in [2.05, 4.69) is 95.8 Å². The highest BCUT2D eigenvalue weighted by molar-refractivity contribution is 5.74. The molecule has 0 bridgehead atoms. The Hall–Kier alpha value is -3.52. The van der Waals surface area contributed by atoms with Gasteiger partial charge in [0, 0.05) is 23.3 Å². The van der Waals surface area contributed by atoms with E-state index in [4.69, 9.17) is 0 Å². The molecule has 1 N–H and O–H groups in total. The number of benzene rings is 3. The van der Waals surface area contributed by atoms with Gasteiger partial charge in [-0.3, -0.25) is 0 Å². The number of allylic oxidation sites excluding steroid dienone is 3. The maximum Gasteiger partial charge on any atom is 0.0540 e. The van der Waals surface area contributed by atoms with Crippen molar-refractivity contribution in [1.29, 1.82) is 0 Å². The van der Waals surface area contributed by atoms with Crippen LogP contribution in [-0.2, 0) is 0 Å². The zero-order valence-corrected chi connectivity index (χ0v) is 15.9. The summed E-state index contributed by atoms with van der Waals surface area (Å²) in [6.45, 7) is 4.08. The first-order chi connectivity index (χ1) is 13.9. The van der Waals surface area contributed by atoms with Crippen LogP contribution in [0.2, 0.25) is 0 Å². The predicted octanol–water partition coefficient (Wildman–Crippen LogP) is 7.05. The molecule has 138 valence electrons. The average Bonchev–Trinajstić information content (AvgIpc) is 3.17. The van der Waals surface area contributed by atoms with Gasteiger partial charge in [0.15, 0.2) is 0 Å². The fourth-order valence-corrected chi connectivity index (χ4v) is 3.61. The van der Waals surface area contributed by atoms with E-state index in [1.54, 1.807) is 0 Å². The van der Waals surface area contributed by atoms with Gasteiger partial charge in [-0.2, -0.15) is 0 Å². The van der Waals surface area contributed by atoms with Crippen LogP contribution in [0, 0.1) is 0 Å². The SMILES string of the molecule is C=CC1=C(N(c2ccccc2)c2ccccc2)/C(=C/Nc2ccccc2)CC1. The molecule has 2 nitrogen and oxygen atoms in total. The number of rotatable bonds is 6. The van der Waals surface area contributed by atoms with Gasteiger partial charge >= 0.3 is 0 Å². The Morgan fingerprint density at radius 1 is 0.714 bits per heavy atom. The van der Waals surface area contributed by atoms with E-state index < -0.39 is 0 Å². The van der Waals surface area contributed by atoms with Crippen molar-refractivity contribution < 1.29 is 0 Å². The fraction of sp³-hybridized carbons (Fsp3) is 0.0769. The second-order valence-electron chi connectivity index (χ2n) is 6.76. The smallest absolute Gasteiger partial charge is 0.0540 e. The van der Waals surface area contributed by atoms with Crippen molar-refractivity contribution in [3.63, 3.8) is 0 Å². The van der Waals surface area contributed by atoms with Crippen LogP contribution in [0.3, 0.4) is 0 Å². The second kappa shape index (κ2) is 8.45. The monoisotopic (exact) mass is 364 g/mol. The summed E-state index contributed by atoms with van der Waals surface area (Å²) in [6.07, 6.45) is 6.13. The van der Waals surface area contributed by atoms with Crippen molar-refractivity contribution in [2.75, 3.05) is 10.2 Å². The van der Waals surface area contributed by atoms with Gasteiger partial charge in [-0.15, -0.1) is 0 Å².